The van der Waals surface area contributed by atoms with E-state index in [9.17, 15) is 0 Å². The molecule has 3 rings (SSSR count). The number of benzene rings is 3. The van der Waals surface area contributed by atoms with E-state index < -0.39 is 0 Å². The Morgan fingerprint density at radius 3 is 1.14 bits per heavy atom. The van der Waals surface area contributed by atoms with Crippen molar-refractivity contribution in [1.82, 2.24) is 0 Å². The molecule has 0 atom stereocenters. The number of anilines is 2. The first-order valence-electron chi connectivity index (χ1n) is 11.9. The maximum absolute atomic E-state index is 5.65. The van der Waals surface area contributed by atoms with E-state index in [4.69, 9.17) is 9.47 Å². The Balaban J connectivity index is 1.71. The average molecular weight is 481 g/mol. The van der Waals surface area contributed by atoms with Crippen LogP contribution in [0.2, 0.25) is 0 Å². The molecule has 0 aliphatic carbocycles. The van der Waals surface area contributed by atoms with Gasteiger partial charge in [-0.25, -0.2) is 0 Å². The summed E-state index contributed by atoms with van der Waals surface area (Å²) in [6.45, 7) is 0. The number of methoxy groups -OCH3 is 2. The molecule has 0 aliphatic heterocycles. The van der Waals surface area contributed by atoms with Crippen LogP contribution in [0.3, 0.4) is 0 Å². The van der Waals surface area contributed by atoms with Crippen molar-refractivity contribution in [3.63, 3.8) is 0 Å². The summed E-state index contributed by atoms with van der Waals surface area (Å²) in [5.41, 5.74) is 6.57. The highest BCUT2D eigenvalue weighted by Gasteiger charge is 2.07. The molecule has 0 spiro atoms. The van der Waals surface area contributed by atoms with E-state index in [2.05, 4.69) is 70.5 Å². The number of ether oxygens (including phenoxy) is 2. The SMILES string of the molecule is COc1cc(/C=C/C=C/c2ccc(N(C)C)cc2)c(OC)cc1/C=C/C=C/c1ccc(N(C)C)cc1. The third-order valence-electron chi connectivity index (χ3n) is 5.75. The van der Waals surface area contributed by atoms with Crippen LogP contribution in [0.5, 0.6) is 11.5 Å². The van der Waals surface area contributed by atoms with Crippen molar-refractivity contribution in [1.29, 1.82) is 0 Å². The standard InChI is InChI=1S/C32H36N2O2/c1-33(2)29-19-15-25(16-20-29)11-7-9-13-27-23-32(36-6)28(24-31(27)35-5)14-10-8-12-26-17-21-30(22-18-26)34(3)4/h7-24H,1-6H3/b11-7+,12-8+,13-9+,14-10+. The van der Waals surface area contributed by atoms with Gasteiger partial charge in [0.25, 0.3) is 0 Å². The summed E-state index contributed by atoms with van der Waals surface area (Å²) < 4.78 is 11.3. The minimum Gasteiger partial charge on any atom is -0.496 e. The van der Waals surface area contributed by atoms with Gasteiger partial charge in [0.15, 0.2) is 0 Å². The molecule has 4 nitrogen and oxygen atoms in total. The number of nitrogens with zero attached hydrogens (tertiary/aromatic N) is 2. The van der Waals surface area contributed by atoms with Gasteiger partial charge < -0.3 is 19.3 Å². The van der Waals surface area contributed by atoms with Crippen molar-refractivity contribution < 1.29 is 9.47 Å². The van der Waals surface area contributed by atoms with Crippen LogP contribution >= 0.6 is 0 Å². The van der Waals surface area contributed by atoms with E-state index in [1.807, 2.05) is 76.8 Å². The van der Waals surface area contributed by atoms with E-state index in [1.54, 1.807) is 14.2 Å². The van der Waals surface area contributed by atoms with Gasteiger partial charge >= 0.3 is 0 Å². The topological polar surface area (TPSA) is 24.9 Å². The fraction of sp³-hybridized carbons (Fsp3) is 0.188. The Morgan fingerprint density at radius 1 is 0.500 bits per heavy atom. The van der Waals surface area contributed by atoms with Crippen LogP contribution in [0.4, 0.5) is 11.4 Å². The first-order valence-corrected chi connectivity index (χ1v) is 11.9. The van der Waals surface area contributed by atoms with Gasteiger partial charge in [-0.05, 0) is 47.5 Å². The van der Waals surface area contributed by atoms with Gasteiger partial charge in [0.1, 0.15) is 11.5 Å². The molecule has 0 radical (unpaired) electrons. The molecule has 0 fully saturated rings. The summed E-state index contributed by atoms with van der Waals surface area (Å²) in [7, 11) is 11.5. The minimum atomic E-state index is 0.790. The molecule has 0 saturated carbocycles. The van der Waals surface area contributed by atoms with Crippen molar-refractivity contribution in [3.05, 3.63) is 107 Å². The van der Waals surface area contributed by atoms with Crippen LogP contribution in [0, 0.1) is 0 Å². The van der Waals surface area contributed by atoms with Gasteiger partial charge in [0, 0.05) is 50.7 Å². The fourth-order valence-electron chi connectivity index (χ4n) is 3.62. The third kappa shape index (κ3) is 7.41. The molecule has 0 aliphatic rings. The van der Waals surface area contributed by atoms with Crippen LogP contribution in [0.15, 0.2) is 85.0 Å². The van der Waals surface area contributed by atoms with Crippen molar-refractivity contribution in [2.75, 3.05) is 52.2 Å². The van der Waals surface area contributed by atoms with Crippen molar-refractivity contribution in [2.45, 2.75) is 0 Å². The zero-order valence-corrected chi connectivity index (χ0v) is 22.1. The second-order valence-corrected chi connectivity index (χ2v) is 8.74. The van der Waals surface area contributed by atoms with Crippen molar-refractivity contribution in [2.24, 2.45) is 0 Å². The Hall–Kier alpha value is -4.18. The smallest absolute Gasteiger partial charge is 0.126 e. The predicted molar refractivity (Wildman–Crippen MR) is 157 cm³/mol. The first kappa shape index (κ1) is 26.4. The average Bonchev–Trinajstić information content (AvgIpc) is 2.89. The molecule has 0 amide bonds. The zero-order valence-electron chi connectivity index (χ0n) is 22.1. The summed E-state index contributed by atoms with van der Waals surface area (Å²) in [6, 6.07) is 20.9. The lowest BCUT2D eigenvalue weighted by Crippen LogP contribution is -2.07. The number of rotatable bonds is 10. The highest BCUT2D eigenvalue weighted by atomic mass is 16.5. The van der Waals surface area contributed by atoms with Crippen LogP contribution in [0.25, 0.3) is 24.3 Å². The fourth-order valence-corrected chi connectivity index (χ4v) is 3.62. The predicted octanol–water partition coefficient (Wildman–Crippen LogP) is 7.29. The van der Waals surface area contributed by atoms with Crippen LogP contribution in [-0.2, 0) is 0 Å². The minimum absolute atomic E-state index is 0.790. The summed E-state index contributed by atoms with van der Waals surface area (Å²) in [5, 5.41) is 0. The molecular weight excluding hydrogens is 444 g/mol. The second-order valence-electron chi connectivity index (χ2n) is 8.74. The molecule has 186 valence electrons. The van der Waals surface area contributed by atoms with E-state index in [0.717, 1.165) is 33.8 Å². The lowest BCUT2D eigenvalue weighted by atomic mass is 10.1. The zero-order chi connectivity index (χ0) is 25.9. The van der Waals surface area contributed by atoms with Gasteiger partial charge in [-0.1, -0.05) is 72.9 Å². The largest absolute Gasteiger partial charge is 0.496 e. The third-order valence-corrected chi connectivity index (χ3v) is 5.75. The molecule has 0 N–H and O–H groups in total. The highest BCUT2D eigenvalue weighted by molar-refractivity contribution is 5.70. The van der Waals surface area contributed by atoms with Crippen molar-refractivity contribution >= 4 is 35.7 Å². The van der Waals surface area contributed by atoms with Crippen molar-refractivity contribution in [3.8, 4) is 11.5 Å². The normalized spacial score (nSPS) is 11.7. The van der Waals surface area contributed by atoms with E-state index in [1.165, 1.54) is 11.4 Å². The summed E-state index contributed by atoms with van der Waals surface area (Å²) in [6.07, 6.45) is 16.3. The van der Waals surface area contributed by atoms with E-state index in [-0.39, 0.29) is 0 Å². The molecular formula is C32H36N2O2. The Bertz CT molecular complexity index is 1130. The molecule has 36 heavy (non-hydrogen) atoms. The second kappa shape index (κ2) is 13.1. The molecule has 0 saturated heterocycles. The Labute approximate surface area is 216 Å². The summed E-state index contributed by atoms with van der Waals surface area (Å²) in [5.74, 6) is 1.58. The number of allylic oxidation sites excluding steroid dienone is 4. The van der Waals surface area contributed by atoms with Gasteiger partial charge in [-0.3, -0.25) is 0 Å². The quantitative estimate of drug-likeness (QED) is 0.285. The molecule has 0 heterocycles. The molecule has 0 bridgehead atoms. The monoisotopic (exact) mass is 480 g/mol. The molecule has 0 aromatic heterocycles. The lowest BCUT2D eigenvalue weighted by Gasteiger charge is -2.11. The molecule has 3 aromatic rings. The van der Waals surface area contributed by atoms with Gasteiger partial charge in [-0.15, -0.1) is 0 Å². The Kier molecular flexibility index (Phi) is 9.58. The maximum Gasteiger partial charge on any atom is 0.126 e. The van der Waals surface area contributed by atoms with Crippen LogP contribution < -0.4 is 19.3 Å². The van der Waals surface area contributed by atoms with Gasteiger partial charge in [0.05, 0.1) is 14.2 Å². The van der Waals surface area contributed by atoms with Crippen LogP contribution in [-0.4, -0.2) is 42.4 Å². The first-order chi connectivity index (χ1) is 17.4. The van der Waals surface area contributed by atoms with Gasteiger partial charge in [0.2, 0.25) is 0 Å². The summed E-state index contributed by atoms with van der Waals surface area (Å²) >= 11 is 0. The van der Waals surface area contributed by atoms with Gasteiger partial charge in [-0.2, -0.15) is 0 Å². The molecule has 4 heteroatoms. The molecule has 0 unspecified atom stereocenters. The number of hydrogen-bond acceptors (Lipinski definition) is 4. The van der Waals surface area contributed by atoms with E-state index in [0.29, 0.717) is 0 Å². The van der Waals surface area contributed by atoms with Crippen LogP contribution in [0.1, 0.15) is 22.3 Å². The van der Waals surface area contributed by atoms with E-state index >= 15 is 0 Å². The maximum atomic E-state index is 5.65. The highest BCUT2D eigenvalue weighted by Crippen LogP contribution is 2.31. The molecule has 3 aromatic carbocycles. The summed E-state index contributed by atoms with van der Waals surface area (Å²) in [4.78, 5) is 4.18. The Morgan fingerprint density at radius 2 is 0.833 bits per heavy atom. The lowest BCUT2D eigenvalue weighted by molar-refractivity contribution is 0.401. The number of hydrogen-bond donors (Lipinski definition) is 0.